The SMILES string of the molecule is NNC(=O)c1nc(CSc2ccc(Br)cn2)cs1. The summed E-state index contributed by atoms with van der Waals surface area (Å²) < 4.78 is 0.947. The van der Waals surface area contributed by atoms with Gasteiger partial charge in [-0.1, -0.05) is 0 Å². The van der Waals surface area contributed by atoms with Gasteiger partial charge in [0.25, 0.3) is 5.91 Å². The van der Waals surface area contributed by atoms with E-state index in [-0.39, 0.29) is 5.91 Å². The van der Waals surface area contributed by atoms with E-state index in [1.807, 2.05) is 17.5 Å². The number of hydrogen-bond donors (Lipinski definition) is 2. The van der Waals surface area contributed by atoms with Gasteiger partial charge in [0.05, 0.1) is 10.7 Å². The van der Waals surface area contributed by atoms with Crippen LogP contribution in [0.25, 0.3) is 0 Å². The Morgan fingerprint density at radius 2 is 2.39 bits per heavy atom. The second-order valence-electron chi connectivity index (χ2n) is 3.22. The maximum Gasteiger partial charge on any atom is 0.294 e. The van der Waals surface area contributed by atoms with E-state index in [9.17, 15) is 4.79 Å². The molecule has 94 valence electrons. The van der Waals surface area contributed by atoms with Crippen LogP contribution in [0.3, 0.4) is 0 Å². The zero-order chi connectivity index (χ0) is 13.0. The van der Waals surface area contributed by atoms with Crippen LogP contribution in [0, 0.1) is 0 Å². The van der Waals surface area contributed by atoms with Crippen LogP contribution in [0.5, 0.6) is 0 Å². The van der Waals surface area contributed by atoms with Gasteiger partial charge in [0, 0.05) is 21.8 Å². The van der Waals surface area contributed by atoms with Crippen molar-refractivity contribution in [3.05, 3.63) is 38.9 Å². The first kappa shape index (κ1) is 13.5. The standard InChI is InChI=1S/C10H9BrN4OS2/c11-6-1-2-8(13-3-6)17-4-7-5-18-10(14-7)9(16)15-12/h1-3,5H,4,12H2,(H,15,16). The monoisotopic (exact) mass is 344 g/mol. The number of amides is 1. The van der Waals surface area contributed by atoms with Gasteiger partial charge in [-0.15, -0.1) is 23.1 Å². The quantitative estimate of drug-likeness (QED) is 0.384. The molecule has 2 aromatic rings. The van der Waals surface area contributed by atoms with Crippen LogP contribution in [0.2, 0.25) is 0 Å². The first-order valence-electron chi connectivity index (χ1n) is 4.89. The van der Waals surface area contributed by atoms with Crippen molar-refractivity contribution in [2.75, 3.05) is 0 Å². The van der Waals surface area contributed by atoms with Crippen molar-refractivity contribution in [2.45, 2.75) is 10.8 Å². The number of carbonyl (C=O) groups is 1. The number of hydrogen-bond acceptors (Lipinski definition) is 6. The first-order chi connectivity index (χ1) is 8.69. The fourth-order valence-electron chi connectivity index (χ4n) is 1.13. The van der Waals surface area contributed by atoms with Crippen LogP contribution >= 0.6 is 39.0 Å². The number of thiazole rings is 1. The Morgan fingerprint density at radius 3 is 3.06 bits per heavy atom. The maximum absolute atomic E-state index is 11.2. The smallest absolute Gasteiger partial charge is 0.288 e. The average Bonchev–Trinajstić information content (AvgIpc) is 2.86. The number of nitrogen functional groups attached to an aromatic ring is 1. The molecule has 5 nitrogen and oxygen atoms in total. The van der Waals surface area contributed by atoms with Crippen molar-refractivity contribution in [2.24, 2.45) is 5.84 Å². The summed E-state index contributed by atoms with van der Waals surface area (Å²) >= 11 is 6.17. The molecular weight excluding hydrogens is 336 g/mol. The van der Waals surface area contributed by atoms with E-state index in [4.69, 9.17) is 5.84 Å². The zero-order valence-electron chi connectivity index (χ0n) is 9.09. The highest BCUT2D eigenvalue weighted by Crippen LogP contribution is 2.22. The Morgan fingerprint density at radius 1 is 1.56 bits per heavy atom. The van der Waals surface area contributed by atoms with Gasteiger partial charge < -0.3 is 0 Å². The normalized spacial score (nSPS) is 10.3. The molecule has 0 aromatic carbocycles. The number of nitrogens with one attached hydrogen (secondary N) is 1. The number of carbonyl (C=O) groups excluding carboxylic acids is 1. The summed E-state index contributed by atoms with van der Waals surface area (Å²) in [6.45, 7) is 0. The minimum absolute atomic E-state index is 0.363. The van der Waals surface area contributed by atoms with Crippen LogP contribution < -0.4 is 11.3 Å². The number of nitrogens with zero attached hydrogens (tertiary/aromatic N) is 2. The van der Waals surface area contributed by atoms with E-state index < -0.39 is 0 Å². The van der Waals surface area contributed by atoms with Crippen molar-refractivity contribution < 1.29 is 4.79 Å². The average molecular weight is 345 g/mol. The van der Waals surface area contributed by atoms with Crippen LogP contribution in [-0.4, -0.2) is 15.9 Å². The lowest BCUT2D eigenvalue weighted by Gasteiger charge is -1.98. The largest absolute Gasteiger partial charge is 0.294 e. The number of nitrogens with two attached hydrogens (primary N) is 1. The molecule has 0 unspecified atom stereocenters. The number of thioether (sulfide) groups is 1. The van der Waals surface area contributed by atoms with Gasteiger partial charge in [-0.25, -0.2) is 15.8 Å². The van der Waals surface area contributed by atoms with Crippen molar-refractivity contribution in [1.29, 1.82) is 0 Å². The lowest BCUT2D eigenvalue weighted by molar-refractivity contribution is 0.0953. The zero-order valence-corrected chi connectivity index (χ0v) is 12.3. The van der Waals surface area contributed by atoms with Gasteiger partial charge >= 0.3 is 0 Å². The van der Waals surface area contributed by atoms with E-state index in [0.717, 1.165) is 15.2 Å². The number of rotatable bonds is 4. The van der Waals surface area contributed by atoms with Crippen molar-refractivity contribution in [3.63, 3.8) is 0 Å². The maximum atomic E-state index is 11.2. The molecule has 0 aliphatic carbocycles. The molecule has 18 heavy (non-hydrogen) atoms. The summed E-state index contributed by atoms with van der Waals surface area (Å²) in [4.78, 5) is 19.7. The molecule has 0 aliphatic rings. The molecule has 8 heteroatoms. The summed E-state index contributed by atoms with van der Waals surface area (Å²) in [6, 6.07) is 3.86. The molecule has 2 aromatic heterocycles. The molecule has 0 spiro atoms. The Hall–Kier alpha value is -0.960. The molecule has 0 aliphatic heterocycles. The third kappa shape index (κ3) is 3.52. The molecule has 0 atom stereocenters. The van der Waals surface area contributed by atoms with E-state index in [0.29, 0.717) is 10.8 Å². The highest BCUT2D eigenvalue weighted by atomic mass is 79.9. The summed E-state index contributed by atoms with van der Waals surface area (Å²) in [5.74, 6) is 5.35. The molecule has 1 amide bonds. The fraction of sp³-hybridized carbons (Fsp3) is 0.100. The van der Waals surface area contributed by atoms with Crippen molar-refractivity contribution in [3.8, 4) is 0 Å². The van der Waals surface area contributed by atoms with Crippen LogP contribution in [-0.2, 0) is 5.75 Å². The molecule has 0 radical (unpaired) electrons. The molecule has 2 heterocycles. The van der Waals surface area contributed by atoms with E-state index >= 15 is 0 Å². The number of hydrazine groups is 1. The summed E-state index contributed by atoms with van der Waals surface area (Å²) in [7, 11) is 0. The minimum atomic E-state index is -0.363. The van der Waals surface area contributed by atoms with Gasteiger partial charge in [0.15, 0.2) is 5.01 Å². The van der Waals surface area contributed by atoms with Gasteiger partial charge in [0.2, 0.25) is 0 Å². The molecule has 0 saturated heterocycles. The Bertz CT molecular complexity index is 543. The van der Waals surface area contributed by atoms with E-state index in [2.05, 4.69) is 31.3 Å². The lowest BCUT2D eigenvalue weighted by atomic mass is 10.5. The van der Waals surface area contributed by atoms with E-state index in [1.165, 1.54) is 11.3 Å². The Labute approximate surface area is 120 Å². The number of pyridine rings is 1. The van der Waals surface area contributed by atoms with Crippen LogP contribution in [0.1, 0.15) is 15.5 Å². The molecule has 2 rings (SSSR count). The molecule has 0 bridgehead atoms. The Kier molecular flexibility index (Phi) is 4.70. The minimum Gasteiger partial charge on any atom is -0.288 e. The third-order valence-corrected chi connectivity index (χ3v) is 4.28. The second kappa shape index (κ2) is 6.28. The summed E-state index contributed by atoms with van der Waals surface area (Å²) in [6.07, 6.45) is 1.75. The van der Waals surface area contributed by atoms with Crippen molar-refractivity contribution in [1.82, 2.24) is 15.4 Å². The third-order valence-electron chi connectivity index (χ3n) is 1.95. The molecule has 0 fully saturated rings. The van der Waals surface area contributed by atoms with Gasteiger partial charge in [-0.2, -0.15) is 0 Å². The van der Waals surface area contributed by atoms with Crippen molar-refractivity contribution >= 4 is 44.9 Å². The first-order valence-corrected chi connectivity index (χ1v) is 7.54. The second-order valence-corrected chi connectivity index (χ2v) is 5.99. The van der Waals surface area contributed by atoms with E-state index in [1.54, 1.807) is 18.0 Å². The highest BCUT2D eigenvalue weighted by Gasteiger charge is 2.09. The molecular formula is C10H9BrN4OS2. The summed E-state index contributed by atoms with van der Waals surface area (Å²) in [5, 5.41) is 3.13. The van der Waals surface area contributed by atoms with Gasteiger partial charge in [-0.3, -0.25) is 10.2 Å². The fourth-order valence-corrected chi connectivity index (χ4v) is 2.93. The van der Waals surface area contributed by atoms with Crippen LogP contribution in [0.15, 0.2) is 33.2 Å². The molecule has 0 saturated carbocycles. The molecule has 3 N–H and O–H groups in total. The number of aromatic nitrogens is 2. The number of halogens is 1. The summed E-state index contributed by atoms with van der Waals surface area (Å²) in [5.41, 5.74) is 2.90. The lowest BCUT2D eigenvalue weighted by Crippen LogP contribution is -2.29. The predicted octanol–water partition coefficient (Wildman–Crippen LogP) is 2.20. The highest BCUT2D eigenvalue weighted by molar-refractivity contribution is 9.10. The van der Waals surface area contributed by atoms with Crippen LogP contribution in [0.4, 0.5) is 0 Å². The van der Waals surface area contributed by atoms with Gasteiger partial charge in [0.1, 0.15) is 0 Å². The predicted molar refractivity (Wildman–Crippen MR) is 75.3 cm³/mol. The van der Waals surface area contributed by atoms with Gasteiger partial charge in [-0.05, 0) is 28.1 Å². The topological polar surface area (TPSA) is 80.9 Å². The Balaban J connectivity index is 1.96.